The van der Waals surface area contributed by atoms with E-state index >= 15 is 0 Å². The van der Waals surface area contributed by atoms with Crippen LogP contribution >= 0.6 is 33.9 Å². The zero-order valence-corrected chi connectivity index (χ0v) is 13.7. The minimum atomic E-state index is -0.114. The van der Waals surface area contributed by atoms with Crippen molar-refractivity contribution < 1.29 is 4.79 Å². The van der Waals surface area contributed by atoms with Crippen LogP contribution in [0.3, 0.4) is 0 Å². The number of hydrogen-bond acceptors (Lipinski definition) is 4. The van der Waals surface area contributed by atoms with Crippen molar-refractivity contribution >= 4 is 50.7 Å². The molecule has 0 radical (unpaired) electrons. The minimum Gasteiger partial charge on any atom is -0.336 e. The van der Waals surface area contributed by atoms with Gasteiger partial charge in [-0.05, 0) is 47.6 Å². The number of carbonyl (C=O) groups excluding carboxylic acids is 1. The molecular formula is C14H14IN3OS. The van der Waals surface area contributed by atoms with Gasteiger partial charge in [0.1, 0.15) is 6.04 Å². The zero-order valence-electron chi connectivity index (χ0n) is 10.8. The van der Waals surface area contributed by atoms with E-state index < -0.39 is 0 Å². The first-order valence-corrected chi connectivity index (χ1v) is 8.43. The van der Waals surface area contributed by atoms with Crippen LogP contribution in [0.15, 0.2) is 35.8 Å². The second-order valence-electron chi connectivity index (χ2n) is 4.64. The Balaban J connectivity index is 1.75. The van der Waals surface area contributed by atoms with Gasteiger partial charge in [-0.25, -0.2) is 4.98 Å². The molecule has 2 aromatic rings. The van der Waals surface area contributed by atoms with Crippen molar-refractivity contribution in [2.75, 3.05) is 16.8 Å². The monoisotopic (exact) mass is 399 g/mol. The van der Waals surface area contributed by atoms with E-state index in [1.165, 1.54) is 0 Å². The molecule has 0 bridgehead atoms. The number of rotatable bonds is 3. The van der Waals surface area contributed by atoms with E-state index in [1.54, 1.807) is 17.5 Å². The first kappa shape index (κ1) is 13.8. The Hall–Kier alpha value is -1.15. The van der Waals surface area contributed by atoms with E-state index in [0.29, 0.717) is 0 Å². The lowest BCUT2D eigenvalue weighted by molar-refractivity contribution is -0.117. The molecule has 1 aromatic carbocycles. The molecule has 1 atom stereocenters. The molecule has 4 nitrogen and oxygen atoms in total. The number of carbonyl (C=O) groups is 1. The van der Waals surface area contributed by atoms with Crippen molar-refractivity contribution in [2.45, 2.75) is 18.9 Å². The Morgan fingerprint density at radius 2 is 2.30 bits per heavy atom. The fourth-order valence-electron chi connectivity index (χ4n) is 2.40. The largest absolute Gasteiger partial charge is 0.336 e. The van der Waals surface area contributed by atoms with E-state index in [0.717, 1.165) is 33.8 Å². The molecule has 1 aromatic heterocycles. The lowest BCUT2D eigenvalue weighted by Crippen LogP contribution is -2.39. The van der Waals surface area contributed by atoms with Crippen molar-refractivity contribution in [3.63, 3.8) is 0 Å². The van der Waals surface area contributed by atoms with Crippen LogP contribution in [-0.4, -0.2) is 23.5 Å². The van der Waals surface area contributed by atoms with Gasteiger partial charge in [0.2, 0.25) is 5.91 Å². The van der Waals surface area contributed by atoms with Crippen molar-refractivity contribution in [1.82, 2.24) is 4.98 Å². The standard InChI is InChI=1S/C14H14IN3OS/c15-10-4-1-2-5-11(10)17-13(19)12-6-3-8-18(12)14-16-7-9-20-14/h1-2,4-5,7,9,12H,3,6,8H2,(H,17,19)/t12-/m1/s1. The van der Waals surface area contributed by atoms with E-state index in [1.807, 2.05) is 29.6 Å². The van der Waals surface area contributed by atoms with Gasteiger partial charge in [-0.3, -0.25) is 4.79 Å². The number of para-hydroxylation sites is 1. The highest BCUT2D eigenvalue weighted by molar-refractivity contribution is 14.1. The van der Waals surface area contributed by atoms with Crippen molar-refractivity contribution in [3.05, 3.63) is 39.4 Å². The Labute approximate surface area is 135 Å². The van der Waals surface area contributed by atoms with Gasteiger partial charge in [0.25, 0.3) is 0 Å². The number of aromatic nitrogens is 1. The molecule has 20 heavy (non-hydrogen) atoms. The predicted molar refractivity (Wildman–Crippen MR) is 90.3 cm³/mol. The van der Waals surface area contributed by atoms with E-state index in [-0.39, 0.29) is 11.9 Å². The molecule has 1 N–H and O–H groups in total. The summed E-state index contributed by atoms with van der Waals surface area (Å²) in [4.78, 5) is 18.9. The third-order valence-electron chi connectivity index (χ3n) is 3.35. The number of amides is 1. The second kappa shape index (κ2) is 6.09. The SMILES string of the molecule is O=C(Nc1ccccc1I)[C@H]1CCCN1c1nccs1. The van der Waals surface area contributed by atoms with Gasteiger partial charge in [-0.15, -0.1) is 11.3 Å². The molecule has 1 saturated heterocycles. The molecule has 1 fully saturated rings. The molecule has 0 unspecified atom stereocenters. The molecule has 3 rings (SSSR count). The van der Waals surface area contributed by atoms with Crippen LogP contribution in [0.2, 0.25) is 0 Å². The number of anilines is 2. The maximum Gasteiger partial charge on any atom is 0.247 e. The highest BCUT2D eigenvalue weighted by Crippen LogP contribution is 2.28. The van der Waals surface area contributed by atoms with Gasteiger partial charge in [-0.2, -0.15) is 0 Å². The second-order valence-corrected chi connectivity index (χ2v) is 6.67. The first-order valence-electron chi connectivity index (χ1n) is 6.47. The first-order chi connectivity index (χ1) is 9.75. The van der Waals surface area contributed by atoms with Crippen LogP contribution in [0.25, 0.3) is 0 Å². The summed E-state index contributed by atoms with van der Waals surface area (Å²) in [7, 11) is 0. The Morgan fingerprint density at radius 1 is 1.45 bits per heavy atom. The van der Waals surface area contributed by atoms with Crippen LogP contribution in [0.4, 0.5) is 10.8 Å². The van der Waals surface area contributed by atoms with Gasteiger partial charge in [0.15, 0.2) is 5.13 Å². The summed E-state index contributed by atoms with van der Waals surface area (Å²) in [6.07, 6.45) is 3.70. The van der Waals surface area contributed by atoms with Crippen LogP contribution in [-0.2, 0) is 4.79 Å². The lowest BCUT2D eigenvalue weighted by Gasteiger charge is -2.23. The molecule has 0 spiro atoms. The molecule has 0 saturated carbocycles. The normalized spacial score (nSPS) is 18.2. The maximum atomic E-state index is 12.5. The van der Waals surface area contributed by atoms with Crippen molar-refractivity contribution in [2.24, 2.45) is 0 Å². The van der Waals surface area contributed by atoms with Gasteiger partial charge < -0.3 is 10.2 Å². The molecule has 1 aliphatic heterocycles. The smallest absolute Gasteiger partial charge is 0.247 e. The topological polar surface area (TPSA) is 45.2 Å². The van der Waals surface area contributed by atoms with Crippen LogP contribution in [0.5, 0.6) is 0 Å². The minimum absolute atomic E-state index is 0.0572. The quantitative estimate of drug-likeness (QED) is 0.806. The van der Waals surface area contributed by atoms with Gasteiger partial charge in [-0.1, -0.05) is 12.1 Å². The van der Waals surface area contributed by atoms with Gasteiger partial charge in [0.05, 0.1) is 5.69 Å². The molecule has 6 heteroatoms. The molecular weight excluding hydrogens is 385 g/mol. The summed E-state index contributed by atoms with van der Waals surface area (Å²) >= 11 is 3.82. The predicted octanol–water partition coefficient (Wildman–Crippen LogP) is 3.36. The third kappa shape index (κ3) is 2.80. The summed E-state index contributed by atoms with van der Waals surface area (Å²) < 4.78 is 1.05. The Bertz CT molecular complexity index is 602. The van der Waals surface area contributed by atoms with E-state index in [4.69, 9.17) is 0 Å². The number of halogens is 1. The molecule has 1 amide bonds. The van der Waals surface area contributed by atoms with Gasteiger partial charge >= 0.3 is 0 Å². The summed E-state index contributed by atoms with van der Waals surface area (Å²) in [5, 5.41) is 5.92. The number of benzene rings is 1. The zero-order chi connectivity index (χ0) is 13.9. The highest BCUT2D eigenvalue weighted by atomic mass is 127. The van der Waals surface area contributed by atoms with Crippen molar-refractivity contribution in [3.8, 4) is 0 Å². The Morgan fingerprint density at radius 3 is 3.05 bits per heavy atom. The summed E-state index contributed by atoms with van der Waals surface area (Å²) in [5.41, 5.74) is 0.879. The number of hydrogen-bond donors (Lipinski definition) is 1. The fourth-order valence-corrected chi connectivity index (χ4v) is 3.65. The van der Waals surface area contributed by atoms with E-state index in [9.17, 15) is 4.79 Å². The van der Waals surface area contributed by atoms with Crippen LogP contribution in [0.1, 0.15) is 12.8 Å². The average Bonchev–Trinajstić information content (AvgIpc) is 3.11. The third-order valence-corrected chi connectivity index (χ3v) is 5.10. The fraction of sp³-hybridized carbons (Fsp3) is 0.286. The molecule has 1 aliphatic rings. The van der Waals surface area contributed by atoms with Crippen LogP contribution < -0.4 is 10.2 Å². The molecule has 104 valence electrons. The van der Waals surface area contributed by atoms with Gasteiger partial charge in [0, 0.05) is 21.7 Å². The van der Waals surface area contributed by atoms with E-state index in [2.05, 4.69) is 37.8 Å². The van der Waals surface area contributed by atoms with Crippen LogP contribution in [0, 0.1) is 3.57 Å². The average molecular weight is 399 g/mol. The summed E-state index contributed by atoms with van der Waals surface area (Å²) in [5.74, 6) is 0.0572. The lowest BCUT2D eigenvalue weighted by atomic mass is 10.2. The number of nitrogens with zero attached hydrogens (tertiary/aromatic N) is 2. The number of nitrogens with one attached hydrogen (secondary N) is 1. The summed E-state index contributed by atoms with van der Waals surface area (Å²) in [6, 6.07) is 7.71. The maximum absolute atomic E-state index is 12.5. The molecule has 0 aliphatic carbocycles. The van der Waals surface area contributed by atoms with Crippen molar-refractivity contribution in [1.29, 1.82) is 0 Å². The Kier molecular flexibility index (Phi) is 4.21. The number of thiazole rings is 1. The summed E-state index contributed by atoms with van der Waals surface area (Å²) in [6.45, 7) is 0.900. The molecule has 2 heterocycles. The highest BCUT2D eigenvalue weighted by Gasteiger charge is 2.32.